The number of hydrogen-bond donors (Lipinski definition) is 1. The minimum absolute atomic E-state index is 0.111. The maximum absolute atomic E-state index is 5.94. The molecule has 1 atom stereocenters. The van der Waals surface area contributed by atoms with E-state index in [0.717, 1.165) is 11.5 Å². The Morgan fingerprint density at radius 1 is 1.29 bits per heavy atom. The zero-order valence-corrected chi connectivity index (χ0v) is 7.76. The van der Waals surface area contributed by atoms with Crippen molar-refractivity contribution in [2.45, 2.75) is 12.5 Å². The first-order valence-corrected chi connectivity index (χ1v) is 4.55. The molecule has 0 saturated carbocycles. The summed E-state index contributed by atoms with van der Waals surface area (Å²) in [5.41, 5.74) is 6.92. The molecule has 2 heterocycles. The summed E-state index contributed by atoms with van der Waals surface area (Å²) in [5.74, 6) is 0.802. The van der Waals surface area contributed by atoms with Crippen LogP contribution in [0.1, 0.15) is 17.5 Å². The Bertz CT molecular complexity index is 369. The highest BCUT2D eigenvalue weighted by Crippen LogP contribution is 2.14. The summed E-state index contributed by atoms with van der Waals surface area (Å²) in [6.45, 7) is 0. The minimum atomic E-state index is -0.111. The first kappa shape index (κ1) is 8.97. The van der Waals surface area contributed by atoms with Gasteiger partial charge in [-0.15, -0.1) is 0 Å². The summed E-state index contributed by atoms with van der Waals surface area (Å²) < 4.78 is 5.21. The summed E-state index contributed by atoms with van der Waals surface area (Å²) in [7, 11) is 0. The molecule has 0 bridgehead atoms. The van der Waals surface area contributed by atoms with Gasteiger partial charge in [-0.05, 0) is 24.3 Å². The van der Waals surface area contributed by atoms with Crippen molar-refractivity contribution < 1.29 is 4.42 Å². The molecule has 3 heteroatoms. The molecule has 2 N–H and O–H groups in total. The maximum Gasteiger partial charge on any atom is 0.120 e. The van der Waals surface area contributed by atoms with Crippen LogP contribution in [0, 0.1) is 0 Å². The van der Waals surface area contributed by atoms with Crippen molar-refractivity contribution in [2.24, 2.45) is 5.73 Å². The predicted octanol–water partition coefficient (Wildman–Crippen LogP) is 1.92. The highest BCUT2D eigenvalue weighted by Gasteiger charge is 2.09. The summed E-state index contributed by atoms with van der Waals surface area (Å²) in [6, 6.07) is 9.42. The molecule has 0 saturated heterocycles. The van der Waals surface area contributed by atoms with E-state index in [2.05, 4.69) is 4.98 Å². The molecule has 0 amide bonds. The molecule has 2 rings (SSSR count). The average Bonchev–Trinajstić information content (AvgIpc) is 2.72. The second-order valence-electron chi connectivity index (χ2n) is 3.15. The monoisotopic (exact) mass is 188 g/mol. The summed E-state index contributed by atoms with van der Waals surface area (Å²) in [4.78, 5) is 4.21. The molecule has 0 aliphatic carbocycles. The van der Waals surface area contributed by atoms with E-state index in [1.807, 2.05) is 30.3 Å². The fourth-order valence-electron chi connectivity index (χ4n) is 1.35. The van der Waals surface area contributed by atoms with Gasteiger partial charge in [0, 0.05) is 18.3 Å². The van der Waals surface area contributed by atoms with Crippen molar-refractivity contribution in [2.75, 3.05) is 0 Å². The zero-order chi connectivity index (χ0) is 9.80. The molecule has 0 radical (unpaired) electrons. The number of nitrogens with zero attached hydrogens (tertiary/aromatic N) is 1. The highest BCUT2D eigenvalue weighted by molar-refractivity contribution is 5.10. The van der Waals surface area contributed by atoms with Gasteiger partial charge in [-0.3, -0.25) is 4.98 Å². The second kappa shape index (κ2) is 4.07. The Kier molecular flexibility index (Phi) is 2.60. The number of aromatic nitrogens is 1. The average molecular weight is 188 g/mol. The molecule has 0 spiro atoms. The molecule has 1 unspecified atom stereocenters. The molecule has 0 aliphatic rings. The Balaban J connectivity index is 2.06. The van der Waals surface area contributed by atoms with Gasteiger partial charge in [-0.2, -0.15) is 0 Å². The number of nitrogens with two attached hydrogens (primary N) is 1. The fraction of sp³-hybridized carbons (Fsp3) is 0.182. The van der Waals surface area contributed by atoms with Crippen molar-refractivity contribution in [1.29, 1.82) is 0 Å². The van der Waals surface area contributed by atoms with Crippen LogP contribution >= 0.6 is 0 Å². The van der Waals surface area contributed by atoms with Crippen LogP contribution in [0.4, 0.5) is 0 Å². The molecule has 2 aromatic rings. The highest BCUT2D eigenvalue weighted by atomic mass is 16.3. The van der Waals surface area contributed by atoms with Crippen molar-refractivity contribution in [3.63, 3.8) is 0 Å². The van der Waals surface area contributed by atoms with E-state index >= 15 is 0 Å². The lowest BCUT2D eigenvalue weighted by Gasteiger charge is -2.07. The number of furan rings is 1. The van der Waals surface area contributed by atoms with Crippen LogP contribution in [0.2, 0.25) is 0 Å². The predicted molar refractivity (Wildman–Crippen MR) is 53.6 cm³/mol. The zero-order valence-electron chi connectivity index (χ0n) is 7.76. The molecule has 72 valence electrons. The van der Waals surface area contributed by atoms with E-state index in [1.165, 1.54) is 0 Å². The van der Waals surface area contributed by atoms with Crippen LogP contribution in [0.3, 0.4) is 0 Å². The summed E-state index contributed by atoms with van der Waals surface area (Å²) in [5, 5.41) is 0. The quantitative estimate of drug-likeness (QED) is 0.800. The molecule has 3 nitrogen and oxygen atoms in total. The molecule has 2 aromatic heterocycles. The Morgan fingerprint density at radius 3 is 2.86 bits per heavy atom. The number of rotatable bonds is 3. The van der Waals surface area contributed by atoms with Crippen LogP contribution in [0.25, 0.3) is 0 Å². The summed E-state index contributed by atoms with van der Waals surface area (Å²) >= 11 is 0. The smallest absolute Gasteiger partial charge is 0.120 e. The van der Waals surface area contributed by atoms with Crippen molar-refractivity contribution in [3.05, 3.63) is 54.2 Å². The van der Waals surface area contributed by atoms with Crippen LogP contribution in [-0.4, -0.2) is 4.98 Å². The maximum atomic E-state index is 5.94. The van der Waals surface area contributed by atoms with Crippen molar-refractivity contribution in [1.82, 2.24) is 4.98 Å². The number of hydrogen-bond acceptors (Lipinski definition) is 3. The Morgan fingerprint density at radius 2 is 2.21 bits per heavy atom. The minimum Gasteiger partial charge on any atom is -0.468 e. The lowest BCUT2D eigenvalue weighted by molar-refractivity contribution is 0.463. The standard InChI is InChI=1S/C11H12N2O/c12-10(11-5-3-7-14-11)8-9-4-1-2-6-13-9/h1-7,10H,8,12H2. The molecular formula is C11H12N2O. The van der Waals surface area contributed by atoms with E-state index in [9.17, 15) is 0 Å². The normalized spacial score (nSPS) is 12.6. The van der Waals surface area contributed by atoms with E-state index in [-0.39, 0.29) is 6.04 Å². The molecule has 0 aromatic carbocycles. The van der Waals surface area contributed by atoms with Gasteiger partial charge in [0.05, 0.1) is 12.3 Å². The van der Waals surface area contributed by atoms with E-state index < -0.39 is 0 Å². The van der Waals surface area contributed by atoms with Crippen LogP contribution < -0.4 is 5.73 Å². The third-order valence-electron chi connectivity index (χ3n) is 2.06. The van der Waals surface area contributed by atoms with E-state index in [0.29, 0.717) is 6.42 Å². The molecule has 14 heavy (non-hydrogen) atoms. The first-order valence-electron chi connectivity index (χ1n) is 4.55. The fourth-order valence-corrected chi connectivity index (χ4v) is 1.35. The third kappa shape index (κ3) is 2.00. The van der Waals surface area contributed by atoms with Gasteiger partial charge >= 0.3 is 0 Å². The van der Waals surface area contributed by atoms with Crippen LogP contribution in [0.5, 0.6) is 0 Å². The van der Waals surface area contributed by atoms with Crippen molar-refractivity contribution >= 4 is 0 Å². The van der Waals surface area contributed by atoms with Gasteiger partial charge in [0.15, 0.2) is 0 Å². The van der Waals surface area contributed by atoms with E-state index in [4.69, 9.17) is 10.2 Å². The molecular weight excluding hydrogens is 176 g/mol. The number of pyridine rings is 1. The lowest BCUT2D eigenvalue weighted by Crippen LogP contribution is -2.13. The van der Waals surface area contributed by atoms with E-state index in [1.54, 1.807) is 12.5 Å². The van der Waals surface area contributed by atoms with Gasteiger partial charge < -0.3 is 10.2 Å². The van der Waals surface area contributed by atoms with Crippen LogP contribution in [-0.2, 0) is 6.42 Å². The van der Waals surface area contributed by atoms with Gasteiger partial charge in [0.25, 0.3) is 0 Å². The largest absolute Gasteiger partial charge is 0.468 e. The van der Waals surface area contributed by atoms with Crippen LogP contribution in [0.15, 0.2) is 47.2 Å². The van der Waals surface area contributed by atoms with Crippen molar-refractivity contribution in [3.8, 4) is 0 Å². The second-order valence-corrected chi connectivity index (χ2v) is 3.15. The molecule has 0 fully saturated rings. The van der Waals surface area contributed by atoms with Gasteiger partial charge in [0.2, 0.25) is 0 Å². The summed E-state index contributed by atoms with van der Waals surface area (Å²) in [6.07, 6.45) is 4.10. The Hall–Kier alpha value is -1.61. The topological polar surface area (TPSA) is 52.0 Å². The lowest BCUT2D eigenvalue weighted by atomic mass is 10.1. The van der Waals surface area contributed by atoms with Gasteiger partial charge in [-0.25, -0.2) is 0 Å². The Labute approximate surface area is 82.6 Å². The first-order chi connectivity index (χ1) is 6.86. The van der Waals surface area contributed by atoms with Gasteiger partial charge in [-0.1, -0.05) is 6.07 Å². The SMILES string of the molecule is NC(Cc1ccccn1)c1ccco1. The van der Waals surface area contributed by atoms with Gasteiger partial charge in [0.1, 0.15) is 5.76 Å². The third-order valence-corrected chi connectivity index (χ3v) is 2.06. The molecule has 0 aliphatic heterocycles.